The molecule has 0 amide bonds. The van der Waals surface area contributed by atoms with E-state index < -0.39 is 5.60 Å². The molecule has 5 nitrogen and oxygen atoms in total. The summed E-state index contributed by atoms with van der Waals surface area (Å²) in [5.74, 6) is 0. The van der Waals surface area contributed by atoms with E-state index in [1.165, 1.54) is 0 Å². The molecule has 1 fully saturated rings. The van der Waals surface area contributed by atoms with Gasteiger partial charge in [0.1, 0.15) is 5.60 Å². The fourth-order valence-electron chi connectivity index (χ4n) is 1.91. The smallest absolute Gasteiger partial charge is 0.107 e. The Labute approximate surface area is 108 Å². The minimum atomic E-state index is -0.743. The van der Waals surface area contributed by atoms with Gasteiger partial charge in [0.15, 0.2) is 0 Å². The van der Waals surface area contributed by atoms with E-state index in [0.717, 1.165) is 24.3 Å². The third kappa shape index (κ3) is 3.58. The topological polar surface area (TPSA) is 66.4 Å². The number of hydrogen-bond acceptors (Lipinski definition) is 5. The maximum atomic E-state index is 10.1. The van der Waals surface area contributed by atoms with Gasteiger partial charge >= 0.3 is 0 Å². The van der Waals surface area contributed by atoms with Crippen LogP contribution in [0.3, 0.4) is 0 Å². The molecule has 18 heavy (non-hydrogen) atoms. The molecule has 100 valence electrons. The van der Waals surface area contributed by atoms with Gasteiger partial charge in [0, 0.05) is 26.1 Å². The standard InChI is InChI=1S/C13H21N3O2/c1-2-4-15-11-6-12(8-14-7-11)16-9-13(17)3-5-18-10-13/h6-8,15-17H,2-5,9-10H2,1H3. The number of ether oxygens (including phenoxy) is 1. The van der Waals surface area contributed by atoms with Crippen LogP contribution in [-0.4, -0.2) is 42.0 Å². The van der Waals surface area contributed by atoms with Gasteiger partial charge in [-0.2, -0.15) is 0 Å². The molecule has 5 heteroatoms. The Hall–Kier alpha value is -1.33. The lowest BCUT2D eigenvalue weighted by atomic mass is 10.0. The van der Waals surface area contributed by atoms with Crippen molar-refractivity contribution in [1.82, 2.24) is 4.98 Å². The van der Waals surface area contributed by atoms with E-state index in [0.29, 0.717) is 26.2 Å². The van der Waals surface area contributed by atoms with Gasteiger partial charge in [0.05, 0.1) is 30.4 Å². The number of hydrogen-bond donors (Lipinski definition) is 3. The van der Waals surface area contributed by atoms with Crippen LogP contribution in [0, 0.1) is 0 Å². The number of pyridine rings is 1. The molecule has 3 N–H and O–H groups in total. The highest BCUT2D eigenvalue weighted by atomic mass is 16.5. The summed E-state index contributed by atoms with van der Waals surface area (Å²) in [5.41, 5.74) is 1.17. The molecule has 0 aliphatic carbocycles. The second-order valence-corrected chi connectivity index (χ2v) is 4.77. The first kappa shape index (κ1) is 13.1. The summed E-state index contributed by atoms with van der Waals surface area (Å²) in [6.07, 6.45) is 5.32. The van der Waals surface area contributed by atoms with Crippen LogP contribution in [0.15, 0.2) is 18.5 Å². The van der Waals surface area contributed by atoms with E-state index in [-0.39, 0.29) is 0 Å². The molecule has 1 aromatic heterocycles. The van der Waals surface area contributed by atoms with Crippen molar-refractivity contribution in [2.45, 2.75) is 25.4 Å². The van der Waals surface area contributed by atoms with Crippen molar-refractivity contribution in [3.63, 3.8) is 0 Å². The summed E-state index contributed by atoms with van der Waals surface area (Å²) in [5, 5.41) is 16.6. The molecule has 1 aliphatic heterocycles. The number of anilines is 2. The number of aliphatic hydroxyl groups is 1. The number of rotatable bonds is 6. The Balaban J connectivity index is 1.88. The van der Waals surface area contributed by atoms with Gasteiger partial charge < -0.3 is 20.5 Å². The second-order valence-electron chi connectivity index (χ2n) is 4.77. The van der Waals surface area contributed by atoms with Gasteiger partial charge in [-0.25, -0.2) is 0 Å². The number of aromatic nitrogens is 1. The fourth-order valence-corrected chi connectivity index (χ4v) is 1.91. The van der Waals surface area contributed by atoms with Crippen LogP contribution in [0.2, 0.25) is 0 Å². The average molecular weight is 251 g/mol. The highest BCUT2D eigenvalue weighted by molar-refractivity contribution is 5.54. The molecule has 1 unspecified atom stereocenters. The SMILES string of the molecule is CCCNc1cncc(NCC2(O)CCOC2)c1. The molecule has 0 spiro atoms. The molecule has 0 radical (unpaired) electrons. The van der Waals surface area contributed by atoms with Crippen molar-refractivity contribution < 1.29 is 9.84 Å². The first-order valence-corrected chi connectivity index (χ1v) is 6.45. The molecule has 1 aliphatic rings. The van der Waals surface area contributed by atoms with E-state index in [9.17, 15) is 5.11 Å². The number of nitrogens with zero attached hydrogens (tertiary/aromatic N) is 1. The highest BCUT2D eigenvalue weighted by Crippen LogP contribution is 2.20. The van der Waals surface area contributed by atoms with Gasteiger partial charge in [0.2, 0.25) is 0 Å². The lowest BCUT2D eigenvalue weighted by Crippen LogP contribution is -2.37. The van der Waals surface area contributed by atoms with Crippen molar-refractivity contribution in [1.29, 1.82) is 0 Å². The molecule has 1 aromatic rings. The molecular formula is C13H21N3O2. The maximum absolute atomic E-state index is 10.1. The first-order valence-electron chi connectivity index (χ1n) is 6.45. The molecule has 2 heterocycles. The molecule has 0 bridgehead atoms. The van der Waals surface area contributed by atoms with E-state index in [1.807, 2.05) is 6.07 Å². The Kier molecular flexibility index (Phi) is 4.38. The minimum Gasteiger partial charge on any atom is -0.386 e. The van der Waals surface area contributed by atoms with Crippen LogP contribution in [0.5, 0.6) is 0 Å². The van der Waals surface area contributed by atoms with Gasteiger partial charge in [-0.3, -0.25) is 4.98 Å². The maximum Gasteiger partial charge on any atom is 0.107 e. The van der Waals surface area contributed by atoms with E-state index in [1.54, 1.807) is 12.4 Å². The van der Waals surface area contributed by atoms with Crippen molar-refractivity contribution in [2.75, 3.05) is 36.9 Å². The van der Waals surface area contributed by atoms with Gasteiger partial charge in [0.25, 0.3) is 0 Å². The zero-order chi connectivity index (χ0) is 12.8. The predicted molar refractivity (Wildman–Crippen MR) is 71.9 cm³/mol. The van der Waals surface area contributed by atoms with E-state index >= 15 is 0 Å². The Morgan fingerprint density at radius 2 is 2.17 bits per heavy atom. The zero-order valence-electron chi connectivity index (χ0n) is 10.8. The lowest BCUT2D eigenvalue weighted by molar-refractivity contribution is 0.0382. The van der Waals surface area contributed by atoms with Crippen molar-refractivity contribution in [3.05, 3.63) is 18.5 Å². The Bertz CT molecular complexity index is 378. The Morgan fingerprint density at radius 1 is 1.39 bits per heavy atom. The summed E-state index contributed by atoms with van der Waals surface area (Å²) < 4.78 is 5.21. The molecular weight excluding hydrogens is 230 g/mol. The van der Waals surface area contributed by atoms with E-state index in [4.69, 9.17) is 4.74 Å². The summed E-state index contributed by atoms with van der Waals surface area (Å²) in [4.78, 5) is 4.17. The first-order chi connectivity index (χ1) is 8.72. The molecule has 2 rings (SSSR count). The summed E-state index contributed by atoms with van der Waals surface area (Å²) >= 11 is 0. The van der Waals surface area contributed by atoms with Crippen molar-refractivity contribution in [2.24, 2.45) is 0 Å². The van der Waals surface area contributed by atoms with E-state index in [2.05, 4.69) is 22.5 Å². The fraction of sp³-hybridized carbons (Fsp3) is 0.615. The van der Waals surface area contributed by atoms with Crippen LogP contribution in [0.25, 0.3) is 0 Å². The minimum absolute atomic E-state index is 0.404. The normalized spacial score (nSPS) is 23.0. The van der Waals surface area contributed by atoms with Crippen LogP contribution in [-0.2, 0) is 4.74 Å². The molecule has 0 saturated carbocycles. The van der Waals surface area contributed by atoms with Crippen LogP contribution < -0.4 is 10.6 Å². The predicted octanol–water partition coefficient (Wildman–Crippen LogP) is 1.47. The van der Waals surface area contributed by atoms with Crippen molar-refractivity contribution >= 4 is 11.4 Å². The summed E-state index contributed by atoms with van der Waals surface area (Å²) in [6, 6.07) is 2.00. The van der Waals surface area contributed by atoms with Gasteiger partial charge in [-0.15, -0.1) is 0 Å². The highest BCUT2D eigenvalue weighted by Gasteiger charge is 2.31. The Morgan fingerprint density at radius 3 is 2.83 bits per heavy atom. The van der Waals surface area contributed by atoms with Crippen LogP contribution in [0.1, 0.15) is 19.8 Å². The molecule has 1 saturated heterocycles. The third-order valence-electron chi connectivity index (χ3n) is 3.02. The molecule has 1 atom stereocenters. The quantitative estimate of drug-likeness (QED) is 0.714. The van der Waals surface area contributed by atoms with Crippen LogP contribution in [0.4, 0.5) is 11.4 Å². The summed E-state index contributed by atoms with van der Waals surface area (Å²) in [6.45, 7) is 4.59. The summed E-state index contributed by atoms with van der Waals surface area (Å²) in [7, 11) is 0. The zero-order valence-corrected chi connectivity index (χ0v) is 10.8. The third-order valence-corrected chi connectivity index (χ3v) is 3.02. The van der Waals surface area contributed by atoms with Gasteiger partial charge in [-0.05, 0) is 12.5 Å². The lowest BCUT2D eigenvalue weighted by Gasteiger charge is -2.21. The second kappa shape index (κ2) is 6.02. The monoisotopic (exact) mass is 251 g/mol. The number of nitrogens with one attached hydrogen (secondary N) is 2. The van der Waals surface area contributed by atoms with Crippen LogP contribution >= 0.6 is 0 Å². The van der Waals surface area contributed by atoms with Gasteiger partial charge in [-0.1, -0.05) is 6.92 Å². The molecule has 0 aromatic carbocycles. The van der Waals surface area contributed by atoms with Crippen molar-refractivity contribution in [3.8, 4) is 0 Å². The average Bonchev–Trinajstić information content (AvgIpc) is 2.82. The largest absolute Gasteiger partial charge is 0.386 e.